The maximum atomic E-state index is 12.4. The van der Waals surface area contributed by atoms with Crippen LogP contribution in [0.15, 0.2) is 42.1 Å². The van der Waals surface area contributed by atoms with Crippen LogP contribution in [0.3, 0.4) is 0 Å². The van der Waals surface area contributed by atoms with Crippen molar-refractivity contribution in [3.8, 4) is 5.69 Å². The molecule has 1 saturated carbocycles. The topological polar surface area (TPSA) is 107 Å². The van der Waals surface area contributed by atoms with Gasteiger partial charge in [0.15, 0.2) is 5.16 Å². The normalized spacial score (nSPS) is 13.9. The fraction of sp³-hybridized carbons (Fsp3) is 0.381. The van der Waals surface area contributed by atoms with Gasteiger partial charge in [-0.1, -0.05) is 42.3 Å². The number of nitrogens with zero attached hydrogens (tertiary/aromatic N) is 5. The smallest absolute Gasteiger partial charge is 0.241 e. The highest BCUT2D eigenvalue weighted by Gasteiger charge is 2.17. The van der Waals surface area contributed by atoms with Crippen LogP contribution in [0.1, 0.15) is 31.2 Å². The summed E-state index contributed by atoms with van der Waals surface area (Å²) in [5.41, 5.74) is 2.34. The fourth-order valence-corrected chi connectivity index (χ4v) is 4.47. The zero-order valence-electron chi connectivity index (χ0n) is 17.6. The van der Waals surface area contributed by atoms with Crippen molar-refractivity contribution in [1.29, 1.82) is 0 Å². The number of rotatable bonds is 8. The van der Waals surface area contributed by atoms with Gasteiger partial charge in [-0.25, -0.2) is 0 Å². The number of anilines is 1. The summed E-state index contributed by atoms with van der Waals surface area (Å²) >= 11 is 7.48. The van der Waals surface area contributed by atoms with Crippen LogP contribution in [0.25, 0.3) is 5.69 Å². The Bertz CT molecular complexity index is 1110. The number of halogens is 1. The second-order valence-electron chi connectivity index (χ2n) is 7.73. The largest absolute Gasteiger partial charge is 0.352 e. The van der Waals surface area contributed by atoms with Gasteiger partial charge in [0.2, 0.25) is 11.8 Å². The number of aryl methyl sites for hydroxylation is 1. The number of aromatic nitrogens is 5. The molecule has 4 rings (SSSR count). The van der Waals surface area contributed by atoms with E-state index in [0.29, 0.717) is 15.9 Å². The minimum Gasteiger partial charge on any atom is -0.352 e. The predicted octanol–water partition coefficient (Wildman–Crippen LogP) is 3.22. The van der Waals surface area contributed by atoms with E-state index in [1.165, 1.54) is 22.6 Å². The number of carbonyl (C=O) groups is 2. The molecule has 2 N–H and O–H groups in total. The molecule has 2 heterocycles. The SMILES string of the molecule is Cc1ccc(-n2cnnc2SCC(=O)Nc2cnn(CC(=O)NC3CCCC3)c2)cc1Cl. The molecule has 11 heteroatoms. The standard InChI is InChI=1S/C21H24ClN7O2S/c1-14-6-7-17(8-18(14)22)29-13-23-27-21(29)32-12-20(31)26-16-9-24-28(10-16)11-19(30)25-15-4-2-3-5-15/h6-10,13,15H,2-5,11-12H2,1H3,(H,25,30)(H,26,31). The Labute approximate surface area is 194 Å². The Hall–Kier alpha value is -2.85. The molecule has 1 aliphatic carbocycles. The van der Waals surface area contributed by atoms with Gasteiger partial charge in [0.05, 0.1) is 23.3 Å². The molecule has 1 fully saturated rings. The van der Waals surface area contributed by atoms with E-state index in [-0.39, 0.29) is 30.2 Å². The Morgan fingerprint density at radius 2 is 2.06 bits per heavy atom. The van der Waals surface area contributed by atoms with Crippen molar-refractivity contribution in [1.82, 2.24) is 29.9 Å². The minimum absolute atomic E-state index is 0.0658. The number of benzene rings is 1. The summed E-state index contributed by atoms with van der Waals surface area (Å²) in [5.74, 6) is -0.128. The number of hydrogen-bond acceptors (Lipinski definition) is 6. The molecule has 168 valence electrons. The van der Waals surface area contributed by atoms with E-state index in [2.05, 4.69) is 25.9 Å². The van der Waals surface area contributed by atoms with Crippen molar-refractivity contribution in [2.75, 3.05) is 11.1 Å². The van der Waals surface area contributed by atoms with E-state index in [9.17, 15) is 9.59 Å². The predicted molar refractivity (Wildman–Crippen MR) is 123 cm³/mol. The monoisotopic (exact) mass is 473 g/mol. The van der Waals surface area contributed by atoms with Crippen molar-refractivity contribution in [3.05, 3.63) is 47.5 Å². The lowest BCUT2D eigenvalue weighted by Crippen LogP contribution is -2.35. The lowest BCUT2D eigenvalue weighted by Gasteiger charge is -2.11. The molecule has 2 amide bonds. The first kappa shape index (κ1) is 22.3. The lowest BCUT2D eigenvalue weighted by molar-refractivity contribution is -0.122. The molecule has 0 unspecified atom stereocenters. The van der Waals surface area contributed by atoms with Gasteiger partial charge in [-0.3, -0.25) is 18.8 Å². The van der Waals surface area contributed by atoms with Crippen LogP contribution >= 0.6 is 23.4 Å². The van der Waals surface area contributed by atoms with E-state index >= 15 is 0 Å². The molecule has 1 aliphatic rings. The Morgan fingerprint density at radius 1 is 1.25 bits per heavy atom. The summed E-state index contributed by atoms with van der Waals surface area (Å²) in [6, 6.07) is 5.95. The van der Waals surface area contributed by atoms with Crippen LogP contribution < -0.4 is 10.6 Å². The van der Waals surface area contributed by atoms with Crippen LogP contribution in [0.4, 0.5) is 5.69 Å². The number of amides is 2. The number of thioether (sulfide) groups is 1. The molecule has 0 aliphatic heterocycles. The maximum absolute atomic E-state index is 12.4. The third kappa shape index (κ3) is 5.68. The van der Waals surface area contributed by atoms with Crippen LogP contribution in [-0.2, 0) is 16.1 Å². The number of hydrogen-bond donors (Lipinski definition) is 2. The van der Waals surface area contributed by atoms with Gasteiger partial charge in [-0.15, -0.1) is 10.2 Å². The Balaban J connectivity index is 1.28. The first-order valence-corrected chi connectivity index (χ1v) is 11.8. The van der Waals surface area contributed by atoms with E-state index in [4.69, 9.17) is 11.6 Å². The molecule has 0 radical (unpaired) electrons. The highest BCUT2D eigenvalue weighted by molar-refractivity contribution is 7.99. The van der Waals surface area contributed by atoms with Gasteiger partial charge in [-0.05, 0) is 37.5 Å². The zero-order valence-corrected chi connectivity index (χ0v) is 19.2. The van der Waals surface area contributed by atoms with Gasteiger partial charge in [0.25, 0.3) is 0 Å². The first-order chi connectivity index (χ1) is 15.5. The van der Waals surface area contributed by atoms with Crippen LogP contribution in [0, 0.1) is 6.92 Å². The summed E-state index contributed by atoms with van der Waals surface area (Å²) in [7, 11) is 0. The molecule has 1 aromatic carbocycles. The first-order valence-electron chi connectivity index (χ1n) is 10.4. The number of nitrogens with one attached hydrogen (secondary N) is 2. The third-order valence-electron chi connectivity index (χ3n) is 5.23. The van der Waals surface area contributed by atoms with Gasteiger partial charge in [0, 0.05) is 17.3 Å². The maximum Gasteiger partial charge on any atom is 0.241 e. The minimum atomic E-state index is -0.207. The third-order valence-corrected chi connectivity index (χ3v) is 6.58. The molecular weight excluding hydrogens is 450 g/mol. The molecule has 32 heavy (non-hydrogen) atoms. The average Bonchev–Trinajstić information content (AvgIpc) is 3.51. The van der Waals surface area contributed by atoms with Crippen LogP contribution in [-0.4, -0.2) is 48.2 Å². The lowest BCUT2D eigenvalue weighted by atomic mass is 10.2. The summed E-state index contributed by atoms with van der Waals surface area (Å²) < 4.78 is 3.30. The van der Waals surface area contributed by atoms with Gasteiger partial charge in [-0.2, -0.15) is 5.10 Å². The second-order valence-corrected chi connectivity index (χ2v) is 9.08. The van der Waals surface area contributed by atoms with Gasteiger partial charge in [0.1, 0.15) is 12.9 Å². The van der Waals surface area contributed by atoms with Crippen molar-refractivity contribution < 1.29 is 9.59 Å². The van der Waals surface area contributed by atoms with Crippen molar-refractivity contribution in [3.63, 3.8) is 0 Å². The van der Waals surface area contributed by atoms with Crippen molar-refractivity contribution in [2.45, 2.75) is 50.4 Å². The summed E-state index contributed by atoms with van der Waals surface area (Å²) in [6.45, 7) is 2.06. The molecule has 0 spiro atoms. The van der Waals surface area contributed by atoms with Crippen molar-refractivity contribution in [2.24, 2.45) is 0 Å². The Kier molecular flexibility index (Phi) is 7.11. The van der Waals surface area contributed by atoms with E-state index < -0.39 is 0 Å². The van der Waals surface area contributed by atoms with Gasteiger partial charge < -0.3 is 10.6 Å². The molecule has 0 saturated heterocycles. The number of carbonyl (C=O) groups excluding carboxylic acids is 2. The molecular formula is C21H24ClN7O2S. The van der Waals surface area contributed by atoms with Crippen molar-refractivity contribution >= 4 is 40.9 Å². The highest BCUT2D eigenvalue weighted by Crippen LogP contribution is 2.24. The van der Waals surface area contributed by atoms with E-state index in [1.807, 2.05) is 25.1 Å². The van der Waals surface area contributed by atoms with E-state index in [0.717, 1.165) is 36.9 Å². The average molecular weight is 474 g/mol. The molecule has 0 bridgehead atoms. The summed E-state index contributed by atoms with van der Waals surface area (Å²) in [5, 5.41) is 19.3. The van der Waals surface area contributed by atoms with Crippen LogP contribution in [0.5, 0.6) is 0 Å². The Morgan fingerprint density at radius 3 is 2.84 bits per heavy atom. The quantitative estimate of drug-likeness (QED) is 0.486. The van der Waals surface area contributed by atoms with Gasteiger partial charge >= 0.3 is 0 Å². The second kappa shape index (κ2) is 10.2. The van der Waals surface area contributed by atoms with Crippen LogP contribution in [0.2, 0.25) is 5.02 Å². The highest BCUT2D eigenvalue weighted by atomic mass is 35.5. The molecule has 2 aromatic heterocycles. The molecule has 3 aromatic rings. The summed E-state index contributed by atoms with van der Waals surface area (Å²) in [4.78, 5) is 24.5. The molecule has 0 atom stereocenters. The van der Waals surface area contributed by atoms with E-state index in [1.54, 1.807) is 17.1 Å². The zero-order chi connectivity index (χ0) is 22.5. The fourth-order valence-electron chi connectivity index (χ4n) is 3.56. The summed E-state index contributed by atoms with van der Waals surface area (Å²) in [6.07, 6.45) is 9.16. The molecule has 9 nitrogen and oxygen atoms in total.